The van der Waals surface area contributed by atoms with E-state index in [1.165, 1.54) is 0 Å². The van der Waals surface area contributed by atoms with Gasteiger partial charge in [-0.2, -0.15) is 5.10 Å². The molecule has 0 atom stereocenters. The zero-order chi connectivity index (χ0) is 11.7. The van der Waals surface area contributed by atoms with Gasteiger partial charge in [-0.3, -0.25) is 0 Å². The Bertz CT molecular complexity index is 520. The van der Waals surface area contributed by atoms with Gasteiger partial charge in [0.05, 0.1) is 11.4 Å². The maximum absolute atomic E-state index is 6.17. The van der Waals surface area contributed by atoms with E-state index in [9.17, 15) is 0 Å². The third kappa shape index (κ3) is 2.02. The zero-order valence-corrected chi connectivity index (χ0v) is 11.5. The molecule has 16 heavy (non-hydrogen) atoms. The van der Waals surface area contributed by atoms with E-state index >= 15 is 0 Å². The molecule has 84 valence electrons. The highest BCUT2D eigenvalue weighted by Crippen LogP contribution is 2.26. The molecule has 0 radical (unpaired) electrons. The van der Waals surface area contributed by atoms with Gasteiger partial charge in [-0.15, -0.1) is 0 Å². The Kier molecular flexibility index (Phi) is 3.36. The topological polar surface area (TPSA) is 17.8 Å². The molecule has 2 nitrogen and oxygen atoms in total. The van der Waals surface area contributed by atoms with E-state index in [0.29, 0.717) is 0 Å². The van der Waals surface area contributed by atoms with E-state index in [2.05, 4.69) is 27.1 Å². The highest BCUT2D eigenvalue weighted by atomic mass is 79.9. The fourth-order valence-electron chi connectivity index (χ4n) is 1.75. The van der Waals surface area contributed by atoms with E-state index in [4.69, 9.17) is 11.6 Å². The number of nitrogens with zero attached hydrogens (tertiary/aromatic N) is 2. The summed E-state index contributed by atoms with van der Waals surface area (Å²) >= 11 is 9.63. The maximum atomic E-state index is 6.17. The van der Waals surface area contributed by atoms with Crippen molar-refractivity contribution in [2.75, 3.05) is 0 Å². The van der Waals surface area contributed by atoms with Gasteiger partial charge >= 0.3 is 0 Å². The van der Waals surface area contributed by atoms with Crippen molar-refractivity contribution in [1.82, 2.24) is 9.78 Å². The van der Waals surface area contributed by atoms with Crippen LogP contribution in [0.1, 0.15) is 17.0 Å². The summed E-state index contributed by atoms with van der Waals surface area (Å²) < 4.78 is 1.93. The standard InChI is InChI=1S/C12H12BrClN2/c1-8-6-9(2)16(15-8)12-5-3-4-11(14)10(12)7-13/h3-6H,7H2,1-2H3. The summed E-state index contributed by atoms with van der Waals surface area (Å²) in [5.74, 6) is 0. The molecule has 2 rings (SSSR count). The molecule has 1 aromatic heterocycles. The van der Waals surface area contributed by atoms with Crippen LogP contribution in [0.25, 0.3) is 5.69 Å². The van der Waals surface area contributed by atoms with Crippen LogP contribution in [0, 0.1) is 13.8 Å². The largest absolute Gasteiger partial charge is 0.237 e. The van der Waals surface area contributed by atoms with E-state index in [1.807, 2.05) is 36.7 Å². The third-order valence-corrected chi connectivity index (χ3v) is 3.38. The molecule has 0 fully saturated rings. The number of rotatable bonds is 2. The summed E-state index contributed by atoms with van der Waals surface area (Å²) in [6.45, 7) is 4.03. The fourth-order valence-corrected chi connectivity index (χ4v) is 2.74. The van der Waals surface area contributed by atoms with E-state index in [-0.39, 0.29) is 0 Å². The van der Waals surface area contributed by atoms with Crippen LogP contribution in [-0.2, 0) is 5.33 Å². The number of hydrogen-bond donors (Lipinski definition) is 0. The van der Waals surface area contributed by atoms with Crippen molar-refractivity contribution >= 4 is 27.5 Å². The Morgan fingerprint density at radius 2 is 2.12 bits per heavy atom. The van der Waals surface area contributed by atoms with Crippen LogP contribution in [0.5, 0.6) is 0 Å². The van der Waals surface area contributed by atoms with Crippen LogP contribution in [0.15, 0.2) is 24.3 Å². The molecular weight excluding hydrogens is 288 g/mol. The van der Waals surface area contributed by atoms with E-state index in [0.717, 1.165) is 33.0 Å². The number of halogens is 2. The van der Waals surface area contributed by atoms with Gasteiger partial charge in [0.2, 0.25) is 0 Å². The molecule has 0 saturated heterocycles. The van der Waals surface area contributed by atoms with Gasteiger partial charge in [0.1, 0.15) is 0 Å². The summed E-state index contributed by atoms with van der Waals surface area (Å²) in [5, 5.41) is 5.96. The Labute approximate surface area is 108 Å². The minimum Gasteiger partial charge on any atom is -0.237 e. The van der Waals surface area contributed by atoms with Crippen molar-refractivity contribution in [2.45, 2.75) is 19.2 Å². The summed E-state index contributed by atoms with van der Waals surface area (Å²) in [7, 11) is 0. The van der Waals surface area contributed by atoms with Crippen molar-refractivity contribution in [2.24, 2.45) is 0 Å². The average molecular weight is 300 g/mol. The predicted molar refractivity (Wildman–Crippen MR) is 70.7 cm³/mol. The number of aromatic nitrogens is 2. The molecule has 0 aliphatic rings. The Balaban J connectivity index is 2.64. The van der Waals surface area contributed by atoms with Gasteiger partial charge in [-0.05, 0) is 32.0 Å². The predicted octanol–water partition coefficient (Wildman–Crippen LogP) is 4.04. The zero-order valence-electron chi connectivity index (χ0n) is 9.17. The molecule has 0 unspecified atom stereocenters. The van der Waals surface area contributed by atoms with Crippen LogP contribution in [0.2, 0.25) is 5.02 Å². The molecule has 0 spiro atoms. The SMILES string of the molecule is Cc1cc(C)n(-c2cccc(Cl)c2CBr)n1. The molecular formula is C12H12BrClN2. The number of alkyl halides is 1. The van der Waals surface area contributed by atoms with Crippen LogP contribution >= 0.6 is 27.5 Å². The lowest BCUT2D eigenvalue weighted by atomic mass is 10.2. The Hall–Kier alpha value is -0.800. The summed E-state index contributed by atoms with van der Waals surface area (Å²) in [5.41, 5.74) is 4.23. The molecule has 4 heteroatoms. The highest BCUT2D eigenvalue weighted by molar-refractivity contribution is 9.08. The lowest BCUT2D eigenvalue weighted by molar-refractivity contribution is 0.827. The second kappa shape index (κ2) is 4.60. The normalized spacial score (nSPS) is 10.8. The fraction of sp³-hybridized carbons (Fsp3) is 0.250. The lowest BCUT2D eigenvalue weighted by Crippen LogP contribution is -2.02. The van der Waals surface area contributed by atoms with E-state index in [1.54, 1.807) is 0 Å². The first-order valence-corrected chi connectivity index (χ1v) is 6.50. The lowest BCUT2D eigenvalue weighted by Gasteiger charge is -2.10. The second-order valence-corrected chi connectivity index (χ2v) is 4.68. The molecule has 0 amide bonds. The van der Waals surface area contributed by atoms with Crippen LogP contribution in [-0.4, -0.2) is 9.78 Å². The van der Waals surface area contributed by atoms with Gasteiger partial charge in [-0.1, -0.05) is 33.6 Å². The Morgan fingerprint density at radius 1 is 1.38 bits per heavy atom. The first kappa shape index (κ1) is 11.7. The van der Waals surface area contributed by atoms with Crippen molar-refractivity contribution in [3.63, 3.8) is 0 Å². The molecule has 1 aromatic carbocycles. The van der Waals surface area contributed by atoms with Crippen LogP contribution in [0.3, 0.4) is 0 Å². The van der Waals surface area contributed by atoms with Crippen molar-refractivity contribution < 1.29 is 0 Å². The minimum atomic E-state index is 0.723. The molecule has 0 bridgehead atoms. The monoisotopic (exact) mass is 298 g/mol. The van der Waals surface area contributed by atoms with Crippen molar-refractivity contribution in [1.29, 1.82) is 0 Å². The number of hydrogen-bond acceptors (Lipinski definition) is 1. The van der Waals surface area contributed by atoms with Gasteiger partial charge in [0, 0.05) is 21.6 Å². The third-order valence-electron chi connectivity index (χ3n) is 2.47. The highest BCUT2D eigenvalue weighted by Gasteiger charge is 2.10. The van der Waals surface area contributed by atoms with Gasteiger partial charge in [0.25, 0.3) is 0 Å². The molecule has 0 N–H and O–H groups in total. The molecule has 2 aromatic rings. The van der Waals surface area contributed by atoms with Crippen LogP contribution < -0.4 is 0 Å². The molecule has 1 heterocycles. The van der Waals surface area contributed by atoms with Crippen molar-refractivity contribution in [3.05, 3.63) is 46.2 Å². The summed E-state index contributed by atoms with van der Waals surface area (Å²) in [6.07, 6.45) is 0. The van der Waals surface area contributed by atoms with Gasteiger partial charge in [0.15, 0.2) is 0 Å². The summed E-state index contributed by atoms with van der Waals surface area (Å²) in [4.78, 5) is 0. The maximum Gasteiger partial charge on any atom is 0.0704 e. The average Bonchev–Trinajstić information content (AvgIpc) is 2.57. The number of benzene rings is 1. The second-order valence-electron chi connectivity index (χ2n) is 3.71. The first-order valence-electron chi connectivity index (χ1n) is 5.00. The number of aryl methyl sites for hydroxylation is 2. The van der Waals surface area contributed by atoms with Crippen LogP contribution in [0.4, 0.5) is 0 Å². The van der Waals surface area contributed by atoms with Gasteiger partial charge in [-0.25, -0.2) is 4.68 Å². The summed E-state index contributed by atoms with van der Waals surface area (Å²) in [6, 6.07) is 7.93. The molecule has 0 aliphatic heterocycles. The van der Waals surface area contributed by atoms with Gasteiger partial charge < -0.3 is 0 Å². The smallest absolute Gasteiger partial charge is 0.0704 e. The molecule has 0 aliphatic carbocycles. The minimum absolute atomic E-state index is 0.723. The Morgan fingerprint density at radius 3 is 2.69 bits per heavy atom. The van der Waals surface area contributed by atoms with E-state index < -0.39 is 0 Å². The quantitative estimate of drug-likeness (QED) is 0.765. The molecule has 0 saturated carbocycles. The first-order chi connectivity index (χ1) is 7.63. The van der Waals surface area contributed by atoms with Crippen molar-refractivity contribution in [3.8, 4) is 5.69 Å².